The van der Waals surface area contributed by atoms with Gasteiger partial charge in [0.05, 0.1) is 6.61 Å². The summed E-state index contributed by atoms with van der Waals surface area (Å²) in [5.74, 6) is -0.838. The monoisotopic (exact) mass is 290 g/mol. The molecule has 1 rings (SSSR count). The van der Waals surface area contributed by atoms with Gasteiger partial charge in [-0.05, 0) is 38.5 Å². The number of nitrogens with zero attached hydrogens (tertiary/aromatic N) is 1. The number of hydrogen-bond acceptors (Lipinski definition) is 4. The van der Waals surface area contributed by atoms with Crippen LogP contribution in [0.1, 0.15) is 19.4 Å². The van der Waals surface area contributed by atoms with Crippen molar-refractivity contribution in [2.24, 2.45) is 0 Å². The number of sulfonamides is 1. The summed E-state index contributed by atoms with van der Waals surface area (Å²) < 4.78 is 39.6. The molecule has 0 spiro atoms. The average molecular weight is 290 g/mol. The minimum atomic E-state index is -4.01. The molecule has 3 N–H and O–H groups in total. The zero-order chi connectivity index (χ0) is 14.8. The van der Waals surface area contributed by atoms with Crippen molar-refractivity contribution in [3.8, 4) is 0 Å². The maximum atomic E-state index is 13.9. The van der Waals surface area contributed by atoms with E-state index in [1.807, 2.05) is 0 Å². The van der Waals surface area contributed by atoms with Gasteiger partial charge in [-0.15, -0.1) is 0 Å². The average Bonchev–Trinajstić information content (AvgIpc) is 2.29. The fraction of sp³-hybridized carbons (Fsp3) is 0.500. The van der Waals surface area contributed by atoms with Crippen LogP contribution in [-0.2, 0) is 10.0 Å². The molecule has 0 heterocycles. The molecule has 0 saturated heterocycles. The summed E-state index contributed by atoms with van der Waals surface area (Å²) in [4.78, 5) is -0.460. The Balaban J connectivity index is 3.37. The van der Waals surface area contributed by atoms with Crippen molar-refractivity contribution in [1.29, 1.82) is 0 Å². The van der Waals surface area contributed by atoms with Crippen LogP contribution in [0.3, 0.4) is 0 Å². The van der Waals surface area contributed by atoms with E-state index in [9.17, 15) is 12.8 Å². The van der Waals surface area contributed by atoms with E-state index in [0.29, 0.717) is 5.56 Å². The van der Waals surface area contributed by atoms with E-state index in [2.05, 4.69) is 0 Å². The molecule has 0 aliphatic rings. The SMILES string of the molecule is Cc1cc(F)c(S(=O)(=O)N(CCO)C(C)C)cc1N. The highest BCUT2D eigenvalue weighted by Gasteiger charge is 2.29. The van der Waals surface area contributed by atoms with Crippen LogP contribution in [0.25, 0.3) is 0 Å². The van der Waals surface area contributed by atoms with Crippen LogP contribution in [0.5, 0.6) is 0 Å². The van der Waals surface area contributed by atoms with Gasteiger partial charge in [-0.25, -0.2) is 12.8 Å². The molecule has 7 heteroatoms. The normalized spacial score (nSPS) is 12.4. The fourth-order valence-electron chi connectivity index (χ4n) is 1.75. The van der Waals surface area contributed by atoms with Crippen LogP contribution in [-0.4, -0.2) is 37.0 Å². The molecule has 108 valence electrons. The summed E-state index contributed by atoms with van der Waals surface area (Å²) in [5.41, 5.74) is 6.33. The first-order valence-corrected chi connectivity index (χ1v) is 7.34. The molecular formula is C12H19FN2O3S. The Morgan fingerprint density at radius 3 is 2.47 bits per heavy atom. The smallest absolute Gasteiger partial charge is 0.246 e. The highest BCUT2D eigenvalue weighted by molar-refractivity contribution is 7.89. The van der Waals surface area contributed by atoms with E-state index in [1.54, 1.807) is 20.8 Å². The van der Waals surface area contributed by atoms with Crippen LogP contribution in [0.2, 0.25) is 0 Å². The maximum Gasteiger partial charge on any atom is 0.246 e. The molecular weight excluding hydrogens is 271 g/mol. The zero-order valence-electron chi connectivity index (χ0n) is 11.2. The molecule has 0 saturated carbocycles. The minimum absolute atomic E-state index is 0.0901. The van der Waals surface area contributed by atoms with E-state index in [-0.39, 0.29) is 24.9 Å². The van der Waals surface area contributed by atoms with Crippen molar-refractivity contribution in [2.75, 3.05) is 18.9 Å². The third-order valence-electron chi connectivity index (χ3n) is 2.80. The van der Waals surface area contributed by atoms with Crippen LogP contribution in [0, 0.1) is 12.7 Å². The van der Waals surface area contributed by atoms with E-state index in [0.717, 1.165) is 16.4 Å². The Kier molecular flexibility index (Phi) is 4.89. The molecule has 0 radical (unpaired) electrons. The number of rotatable bonds is 5. The van der Waals surface area contributed by atoms with Gasteiger partial charge in [0.25, 0.3) is 0 Å². The Hall–Kier alpha value is -1.18. The van der Waals surface area contributed by atoms with Crippen LogP contribution >= 0.6 is 0 Å². The summed E-state index contributed by atoms with van der Waals surface area (Å²) in [5, 5.41) is 8.94. The van der Waals surface area contributed by atoms with Crippen molar-refractivity contribution < 1.29 is 17.9 Å². The van der Waals surface area contributed by atoms with E-state index in [1.165, 1.54) is 0 Å². The summed E-state index contributed by atoms with van der Waals surface area (Å²) in [6.07, 6.45) is 0. The van der Waals surface area contributed by atoms with Gasteiger partial charge in [-0.2, -0.15) is 4.31 Å². The molecule has 5 nitrogen and oxygen atoms in total. The first kappa shape index (κ1) is 15.9. The molecule has 1 aromatic carbocycles. The predicted molar refractivity (Wildman–Crippen MR) is 71.7 cm³/mol. The van der Waals surface area contributed by atoms with Crippen molar-refractivity contribution in [3.05, 3.63) is 23.5 Å². The second-order valence-corrected chi connectivity index (χ2v) is 6.43. The van der Waals surface area contributed by atoms with E-state index in [4.69, 9.17) is 10.8 Å². The summed E-state index contributed by atoms with van der Waals surface area (Å²) in [6, 6.07) is 1.82. The van der Waals surface area contributed by atoms with Gasteiger partial charge in [0, 0.05) is 18.3 Å². The second-order valence-electron chi connectivity index (χ2n) is 4.57. The Labute approximate surface area is 112 Å². The Morgan fingerprint density at radius 1 is 1.42 bits per heavy atom. The fourth-order valence-corrected chi connectivity index (χ4v) is 3.46. The molecule has 0 aromatic heterocycles. The first-order valence-electron chi connectivity index (χ1n) is 5.90. The van der Waals surface area contributed by atoms with E-state index < -0.39 is 20.7 Å². The van der Waals surface area contributed by atoms with Crippen molar-refractivity contribution in [1.82, 2.24) is 4.31 Å². The van der Waals surface area contributed by atoms with Gasteiger partial charge in [0.1, 0.15) is 10.7 Å². The Morgan fingerprint density at radius 2 is 2.00 bits per heavy atom. The number of anilines is 1. The first-order chi connectivity index (χ1) is 8.71. The molecule has 0 amide bonds. The second kappa shape index (κ2) is 5.85. The Bertz CT molecular complexity index is 558. The highest BCUT2D eigenvalue weighted by Crippen LogP contribution is 2.25. The molecule has 0 unspecified atom stereocenters. The van der Waals surface area contributed by atoms with Crippen LogP contribution in [0.15, 0.2) is 17.0 Å². The molecule has 0 fully saturated rings. The van der Waals surface area contributed by atoms with Gasteiger partial charge in [0.2, 0.25) is 10.0 Å². The standard InChI is InChI=1S/C12H19FN2O3S/c1-8(2)15(4-5-16)19(17,18)12-7-11(14)9(3)6-10(12)13/h6-8,16H,4-5,14H2,1-3H3. The topological polar surface area (TPSA) is 83.6 Å². The summed E-state index contributed by atoms with van der Waals surface area (Å²) in [7, 11) is -4.01. The molecule has 0 bridgehead atoms. The number of aliphatic hydroxyl groups excluding tert-OH is 1. The number of aryl methyl sites for hydroxylation is 1. The third kappa shape index (κ3) is 3.23. The number of nitrogens with two attached hydrogens (primary N) is 1. The van der Waals surface area contributed by atoms with E-state index >= 15 is 0 Å². The lowest BCUT2D eigenvalue weighted by molar-refractivity contribution is 0.236. The number of nitrogen functional groups attached to an aromatic ring is 1. The largest absolute Gasteiger partial charge is 0.398 e. The van der Waals surface area contributed by atoms with Gasteiger partial charge >= 0.3 is 0 Å². The quantitative estimate of drug-likeness (QED) is 0.796. The van der Waals surface area contributed by atoms with Crippen LogP contribution < -0.4 is 5.73 Å². The van der Waals surface area contributed by atoms with Crippen molar-refractivity contribution >= 4 is 15.7 Å². The number of halogens is 1. The molecule has 0 aliphatic carbocycles. The van der Waals surface area contributed by atoms with Gasteiger partial charge in [-0.1, -0.05) is 0 Å². The van der Waals surface area contributed by atoms with Gasteiger partial charge in [0.15, 0.2) is 0 Å². The lowest BCUT2D eigenvalue weighted by atomic mass is 10.2. The molecule has 0 atom stereocenters. The number of benzene rings is 1. The van der Waals surface area contributed by atoms with Gasteiger partial charge in [-0.3, -0.25) is 0 Å². The summed E-state index contributed by atoms with van der Waals surface area (Å²) >= 11 is 0. The molecule has 19 heavy (non-hydrogen) atoms. The lowest BCUT2D eigenvalue weighted by Gasteiger charge is -2.25. The maximum absolute atomic E-state index is 13.9. The van der Waals surface area contributed by atoms with Gasteiger partial charge < -0.3 is 10.8 Å². The van der Waals surface area contributed by atoms with Crippen molar-refractivity contribution in [3.63, 3.8) is 0 Å². The van der Waals surface area contributed by atoms with Crippen molar-refractivity contribution in [2.45, 2.75) is 31.7 Å². The third-order valence-corrected chi connectivity index (χ3v) is 4.89. The summed E-state index contributed by atoms with van der Waals surface area (Å²) in [6.45, 7) is 4.49. The minimum Gasteiger partial charge on any atom is -0.398 e. The number of hydrogen-bond donors (Lipinski definition) is 2. The zero-order valence-corrected chi connectivity index (χ0v) is 12.0. The molecule has 0 aliphatic heterocycles. The predicted octanol–water partition coefficient (Wildman–Crippen LogP) is 1.11. The lowest BCUT2D eigenvalue weighted by Crippen LogP contribution is -2.39. The highest BCUT2D eigenvalue weighted by atomic mass is 32.2. The number of aliphatic hydroxyl groups is 1. The van der Waals surface area contributed by atoms with Crippen LogP contribution in [0.4, 0.5) is 10.1 Å². The molecule has 1 aromatic rings.